The minimum absolute atomic E-state index is 0.133. The van der Waals surface area contributed by atoms with Crippen LogP contribution in [-0.4, -0.2) is 34.9 Å². The Labute approximate surface area is 159 Å². The van der Waals surface area contributed by atoms with Crippen molar-refractivity contribution in [2.75, 3.05) is 13.2 Å². The zero-order valence-electron chi connectivity index (χ0n) is 15.7. The van der Waals surface area contributed by atoms with Crippen molar-refractivity contribution in [2.24, 2.45) is 0 Å². The van der Waals surface area contributed by atoms with Crippen molar-refractivity contribution in [3.8, 4) is 11.8 Å². The minimum Gasteiger partial charge on any atom is -0.489 e. The molecule has 0 bridgehead atoms. The number of benzene rings is 2. The van der Waals surface area contributed by atoms with Crippen molar-refractivity contribution >= 4 is 10.9 Å². The highest BCUT2D eigenvalue weighted by molar-refractivity contribution is 5.80. The molecule has 0 saturated heterocycles. The van der Waals surface area contributed by atoms with Crippen LogP contribution < -0.4 is 10.1 Å². The van der Waals surface area contributed by atoms with E-state index in [0.29, 0.717) is 17.9 Å². The summed E-state index contributed by atoms with van der Waals surface area (Å²) in [4.78, 5) is 3.44. The lowest BCUT2D eigenvalue weighted by molar-refractivity contribution is 0.0986. The van der Waals surface area contributed by atoms with Crippen molar-refractivity contribution in [1.82, 2.24) is 10.3 Å². The van der Waals surface area contributed by atoms with Crippen LogP contribution in [0, 0.1) is 11.3 Å². The number of aliphatic hydroxyl groups excluding tert-OH is 1. The summed E-state index contributed by atoms with van der Waals surface area (Å²) in [5, 5.41) is 23.9. The second-order valence-corrected chi connectivity index (χ2v) is 7.40. The highest BCUT2D eigenvalue weighted by atomic mass is 16.5. The first-order valence-electron chi connectivity index (χ1n) is 9.08. The van der Waals surface area contributed by atoms with Crippen molar-refractivity contribution in [3.63, 3.8) is 0 Å². The van der Waals surface area contributed by atoms with Crippen LogP contribution in [-0.2, 0) is 6.42 Å². The zero-order valence-corrected chi connectivity index (χ0v) is 15.7. The Balaban J connectivity index is 1.51. The summed E-state index contributed by atoms with van der Waals surface area (Å²) in [6.07, 6.45) is 0.144. The Kier molecular flexibility index (Phi) is 5.80. The number of aromatic amines is 1. The van der Waals surface area contributed by atoms with E-state index in [4.69, 9.17) is 10.00 Å². The molecule has 27 heavy (non-hydrogen) atoms. The molecule has 5 nitrogen and oxygen atoms in total. The standard InChI is InChI=1S/C22H25N3O2/c1-22(2,12-18-11-16-7-3-5-9-20(16)25-18)24-14-19(26)15-27-21-10-6-4-8-17(21)13-23/h3-11,19,24-26H,12,14-15H2,1-2H3/t19-/m0/s1. The van der Waals surface area contributed by atoms with Crippen LogP contribution in [0.15, 0.2) is 54.6 Å². The molecule has 0 radical (unpaired) electrons. The number of H-pyrrole nitrogens is 1. The summed E-state index contributed by atoms with van der Waals surface area (Å²) in [5.41, 5.74) is 2.57. The first-order chi connectivity index (χ1) is 13.0. The Hall–Kier alpha value is -2.81. The molecule has 0 fully saturated rings. The van der Waals surface area contributed by atoms with E-state index in [1.807, 2.05) is 18.2 Å². The van der Waals surface area contributed by atoms with Crippen LogP contribution >= 0.6 is 0 Å². The van der Waals surface area contributed by atoms with Gasteiger partial charge in [-0.2, -0.15) is 5.26 Å². The molecule has 0 saturated carbocycles. The molecule has 0 spiro atoms. The monoisotopic (exact) mass is 363 g/mol. The van der Waals surface area contributed by atoms with Gasteiger partial charge in [0, 0.05) is 29.7 Å². The molecule has 0 aliphatic carbocycles. The number of ether oxygens (including phenoxy) is 1. The van der Waals surface area contributed by atoms with Gasteiger partial charge in [-0.25, -0.2) is 0 Å². The van der Waals surface area contributed by atoms with Crippen LogP contribution in [0.2, 0.25) is 0 Å². The summed E-state index contributed by atoms with van der Waals surface area (Å²) in [6.45, 7) is 4.75. The quantitative estimate of drug-likeness (QED) is 0.573. The maximum Gasteiger partial charge on any atom is 0.137 e. The summed E-state index contributed by atoms with van der Waals surface area (Å²) >= 11 is 0. The Bertz CT molecular complexity index is 907. The van der Waals surface area contributed by atoms with Gasteiger partial charge in [0.05, 0.1) is 5.56 Å². The van der Waals surface area contributed by atoms with E-state index in [1.54, 1.807) is 18.2 Å². The summed E-state index contributed by atoms with van der Waals surface area (Å²) in [6, 6.07) is 19.5. The smallest absolute Gasteiger partial charge is 0.137 e. The lowest BCUT2D eigenvalue weighted by Crippen LogP contribution is -2.46. The molecule has 3 aromatic rings. The van der Waals surface area contributed by atoms with Gasteiger partial charge in [0.25, 0.3) is 0 Å². The van der Waals surface area contributed by atoms with E-state index >= 15 is 0 Å². The van der Waals surface area contributed by atoms with Gasteiger partial charge >= 0.3 is 0 Å². The largest absolute Gasteiger partial charge is 0.489 e. The van der Waals surface area contributed by atoms with Crippen LogP contribution in [0.1, 0.15) is 25.1 Å². The summed E-state index contributed by atoms with van der Waals surface area (Å²) < 4.78 is 5.59. The van der Waals surface area contributed by atoms with E-state index in [2.05, 4.69) is 48.4 Å². The SMILES string of the molecule is CC(C)(Cc1cc2ccccc2[nH]1)NC[C@H](O)COc1ccccc1C#N. The third kappa shape index (κ3) is 5.10. The van der Waals surface area contributed by atoms with Crippen LogP contribution in [0.25, 0.3) is 10.9 Å². The number of nitrogens with one attached hydrogen (secondary N) is 2. The van der Waals surface area contributed by atoms with E-state index in [1.165, 1.54) is 5.39 Å². The number of rotatable bonds is 8. The fourth-order valence-corrected chi connectivity index (χ4v) is 3.09. The molecule has 2 aromatic carbocycles. The van der Waals surface area contributed by atoms with Crippen molar-refractivity contribution in [3.05, 3.63) is 65.9 Å². The van der Waals surface area contributed by atoms with Crippen LogP contribution in [0.5, 0.6) is 5.75 Å². The predicted octanol–water partition coefficient (Wildman–Crippen LogP) is 3.39. The van der Waals surface area contributed by atoms with Crippen molar-refractivity contribution < 1.29 is 9.84 Å². The van der Waals surface area contributed by atoms with Gasteiger partial charge in [-0.05, 0) is 43.5 Å². The van der Waals surface area contributed by atoms with Crippen molar-refractivity contribution in [1.29, 1.82) is 5.26 Å². The minimum atomic E-state index is -0.668. The number of hydrogen-bond donors (Lipinski definition) is 3. The molecule has 0 amide bonds. The van der Waals surface area contributed by atoms with Gasteiger partial charge in [-0.1, -0.05) is 30.3 Å². The van der Waals surface area contributed by atoms with Crippen molar-refractivity contribution in [2.45, 2.75) is 31.9 Å². The number of aliphatic hydroxyl groups is 1. The number of nitrogens with zero attached hydrogens (tertiary/aromatic N) is 1. The molecule has 5 heteroatoms. The Morgan fingerprint density at radius 3 is 2.70 bits per heavy atom. The number of nitriles is 1. The molecular weight excluding hydrogens is 338 g/mol. The molecule has 1 atom stereocenters. The van der Waals surface area contributed by atoms with Gasteiger partial charge in [0.2, 0.25) is 0 Å². The number of fused-ring (bicyclic) bond motifs is 1. The second kappa shape index (κ2) is 8.26. The first kappa shape index (κ1) is 19.0. The molecular formula is C22H25N3O2. The highest BCUT2D eigenvalue weighted by Crippen LogP contribution is 2.19. The third-order valence-corrected chi connectivity index (χ3v) is 4.47. The fraction of sp³-hybridized carbons (Fsp3) is 0.318. The van der Waals surface area contributed by atoms with Gasteiger partial charge in [0.1, 0.15) is 24.5 Å². The maximum atomic E-state index is 10.2. The lowest BCUT2D eigenvalue weighted by Gasteiger charge is -2.27. The van der Waals surface area contributed by atoms with Gasteiger partial charge in [-0.3, -0.25) is 0 Å². The maximum absolute atomic E-state index is 10.2. The normalized spacial score (nSPS) is 12.7. The number of β-amino-alcohol motifs (C(OH)–C–C–N with tert-alkyl or cyclic N) is 1. The summed E-state index contributed by atoms with van der Waals surface area (Å²) in [5.74, 6) is 0.497. The zero-order chi connectivity index (χ0) is 19.3. The van der Waals surface area contributed by atoms with E-state index in [9.17, 15) is 5.11 Å². The fourth-order valence-electron chi connectivity index (χ4n) is 3.09. The third-order valence-electron chi connectivity index (χ3n) is 4.47. The highest BCUT2D eigenvalue weighted by Gasteiger charge is 2.20. The van der Waals surface area contributed by atoms with Crippen LogP contribution in [0.3, 0.4) is 0 Å². The van der Waals surface area contributed by atoms with Gasteiger partial charge in [-0.15, -0.1) is 0 Å². The van der Waals surface area contributed by atoms with E-state index < -0.39 is 6.10 Å². The number of hydrogen-bond acceptors (Lipinski definition) is 4. The predicted molar refractivity (Wildman–Crippen MR) is 107 cm³/mol. The molecule has 3 N–H and O–H groups in total. The average molecular weight is 363 g/mol. The molecule has 0 unspecified atom stereocenters. The van der Waals surface area contributed by atoms with E-state index in [-0.39, 0.29) is 12.1 Å². The molecule has 1 heterocycles. The molecule has 140 valence electrons. The number of para-hydroxylation sites is 2. The Morgan fingerprint density at radius 2 is 1.93 bits per heavy atom. The Morgan fingerprint density at radius 1 is 1.19 bits per heavy atom. The lowest BCUT2D eigenvalue weighted by atomic mass is 9.98. The van der Waals surface area contributed by atoms with E-state index in [0.717, 1.165) is 17.6 Å². The number of aromatic nitrogens is 1. The van der Waals surface area contributed by atoms with Gasteiger partial charge in [0.15, 0.2) is 0 Å². The molecule has 1 aromatic heterocycles. The first-order valence-corrected chi connectivity index (χ1v) is 9.08. The topological polar surface area (TPSA) is 81.1 Å². The average Bonchev–Trinajstić information content (AvgIpc) is 3.06. The second-order valence-electron chi connectivity index (χ2n) is 7.40. The molecule has 0 aliphatic heterocycles. The van der Waals surface area contributed by atoms with Crippen LogP contribution in [0.4, 0.5) is 0 Å². The van der Waals surface area contributed by atoms with Gasteiger partial charge < -0.3 is 20.1 Å². The molecule has 3 rings (SSSR count). The molecule has 0 aliphatic rings. The summed E-state index contributed by atoms with van der Waals surface area (Å²) in [7, 11) is 0.